The van der Waals surface area contributed by atoms with E-state index in [2.05, 4.69) is 4.98 Å². The summed E-state index contributed by atoms with van der Waals surface area (Å²) in [7, 11) is -1.85. The highest BCUT2D eigenvalue weighted by molar-refractivity contribution is 7.89. The highest BCUT2D eigenvalue weighted by atomic mass is 32.2. The highest BCUT2D eigenvalue weighted by Gasteiger charge is 2.32. The molecule has 0 bridgehead atoms. The highest BCUT2D eigenvalue weighted by Crippen LogP contribution is 2.30. The van der Waals surface area contributed by atoms with Crippen LogP contribution in [0.15, 0.2) is 41.4 Å². The average Bonchev–Trinajstić information content (AvgIpc) is 3.01. The van der Waals surface area contributed by atoms with E-state index in [1.807, 2.05) is 32.0 Å². The van der Waals surface area contributed by atoms with Crippen LogP contribution in [0, 0.1) is 6.92 Å². The molecule has 1 aromatic carbocycles. The van der Waals surface area contributed by atoms with Crippen LogP contribution in [-0.2, 0) is 10.0 Å². The molecule has 1 saturated heterocycles. The van der Waals surface area contributed by atoms with E-state index in [0.29, 0.717) is 17.3 Å². The lowest BCUT2D eigenvalue weighted by Crippen LogP contribution is -2.33. The number of methoxy groups -OCH3 is 1. The molecule has 24 heavy (non-hydrogen) atoms. The molecule has 1 fully saturated rings. The maximum atomic E-state index is 12.8. The van der Waals surface area contributed by atoms with Crippen molar-refractivity contribution >= 4 is 10.0 Å². The minimum absolute atomic E-state index is 0.0689. The van der Waals surface area contributed by atoms with Crippen LogP contribution < -0.4 is 4.74 Å². The van der Waals surface area contributed by atoms with E-state index in [1.54, 1.807) is 29.7 Å². The van der Waals surface area contributed by atoms with Crippen molar-refractivity contribution in [2.75, 3.05) is 13.7 Å². The van der Waals surface area contributed by atoms with Gasteiger partial charge in [0.15, 0.2) is 0 Å². The second-order valence-corrected chi connectivity index (χ2v) is 8.06. The van der Waals surface area contributed by atoms with Crippen molar-refractivity contribution in [1.29, 1.82) is 0 Å². The number of rotatable bonds is 4. The van der Waals surface area contributed by atoms with Crippen molar-refractivity contribution < 1.29 is 13.2 Å². The molecule has 1 aliphatic rings. The fourth-order valence-electron chi connectivity index (χ4n) is 3.21. The lowest BCUT2D eigenvalue weighted by Gasteiger charge is -2.21. The lowest BCUT2D eigenvalue weighted by molar-refractivity contribution is 0.398. The Bertz CT molecular complexity index is 849. The molecule has 2 aromatic rings. The van der Waals surface area contributed by atoms with Gasteiger partial charge in [0, 0.05) is 24.8 Å². The number of sulfonamides is 1. The molecule has 0 N–H and O–H groups in total. The molecule has 1 atom stereocenters. The van der Waals surface area contributed by atoms with Crippen molar-refractivity contribution in [1.82, 2.24) is 9.29 Å². The number of aromatic nitrogens is 1. The first kappa shape index (κ1) is 16.9. The van der Waals surface area contributed by atoms with Crippen LogP contribution >= 0.6 is 0 Å². The van der Waals surface area contributed by atoms with Gasteiger partial charge in [-0.05, 0) is 61.6 Å². The minimum atomic E-state index is -3.43. The number of ether oxygens (including phenoxy) is 1. The Labute approximate surface area is 143 Å². The van der Waals surface area contributed by atoms with Crippen LogP contribution in [0.5, 0.6) is 5.88 Å². The Kier molecular flexibility index (Phi) is 4.60. The third-order valence-electron chi connectivity index (χ3n) is 4.55. The summed E-state index contributed by atoms with van der Waals surface area (Å²) in [4.78, 5) is 4.47. The van der Waals surface area contributed by atoms with E-state index >= 15 is 0 Å². The van der Waals surface area contributed by atoms with Gasteiger partial charge in [-0.2, -0.15) is 4.31 Å². The molecule has 0 radical (unpaired) electrons. The zero-order chi connectivity index (χ0) is 17.3. The Morgan fingerprint density at radius 1 is 1.25 bits per heavy atom. The maximum Gasteiger partial charge on any atom is 0.243 e. The molecule has 5 nitrogen and oxygen atoms in total. The molecular formula is C18H22N2O3S. The van der Waals surface area contributed by atoms with Gasteiger partial charge in [0.25, 0.3) is 0 Å². The Hall–Kier alpha value is -1.92. The van der Waals surface area contributed by atoms with Gasteiger partial charge < -0.3 is 4.74 Å². The van der Waals surface area contributed by atoms with Gasteiger partial charge in [-0.15, -0.1) is 0 Å². The molecule has 6 heteroatoms. The van der Waals surface area contributed by atoms with Gasteiger partial charge in [0.05, 0.1) is 12.0 Å². The molecule has 1 aliphatic heterocycles. The van der Waals surface area contributed by atoms with Crippen LogP contribution in [0.3, 0.4) is 0 Å². The van der Waals surface area contributed by atoms with Crippen molar-refractivity contribution in [3.05, 3.63) is 42.1 Å². The topological polar surface area (TPSA) is 59.5 Å². The summed E-state index contributed by atoms with van der Waals surface area (Å²) in [5.41, 5.74) is 2.85. The summed E-state index contributed by atoms with van der Waals surface area (Å²) >= 11 is 0. The number of hydrogen-bond acceptors (Lipinski definition) is 4. The van der Waals surface area contributed by atoms with Gasteiger partial charge in [-0.1, -0.05) is 6.07 Å². The van der Waals surface area contributed by atoms with Gasteiger partial charge in [-0.25, -0.2) is 13.4 Å². The zero-order valence-corrected chi connectivity index (χ0v) is 15.0. The molecule has 0 amide bonds. The summed E-state index contributed by atoms with van der Waals surface area (Å²) in [6.07, 6.45) is 3.53. The maximum absolute atomic E-state index is 12.8. The molecule has 0 saturated carbocycles. The summed E-state index contributed by atoms with van der Waals surface area (Å²) in [5, 5.41) is 0. The quantitative estimate of drug-likeness (QED) is 0.853. The van der Waals surface area contributed by atoms with Gasteiger partial charge >= 0.3 is 0 Å². The van der Waals surface area contributed by atoms with Crippen LogP contribution in [0.25, 0.3) is 11.1 Å². The SMILES string of the molecule is COc1cc(-c2ccc(S(=O)(=O)N3CCCC3C)cc2C)ccn1. The fraction of sp³-hybridized carbons (Fsp3) is 0.389. The molecule has 1 unspecified atom stereocenters. The number of nitrogens with zero attached hydrogens (tertiary/aromatic N) is 2. The van der Waals surface area contributed by atoms with Crippen LogP contribution in [0.2, 0.25) is 0 Å². The third kappa shape index (κ3) is 3.03. The second kappa shape index (κ2) is 6.53. The number of benzene rings is 1. The average molecular weight is 346 g/mol. The predicted octanol–water partition coefficient (Wildman–Crippen LogP) is 3.24. The first-order chi connectivity index (χ1) is 11.4. The van der Waals surface area contributed by atoms with Crippen molar-refractivity contribution in [3.63, 3.8) is 0 Å². The Morgan fingerprint density at radius 2 is 2.04 bits per heavy atom. The molecular weight excluding hydrogens is 324 g/mol. The van der Waals surface area contributed by atoms with Crippen molar-refractivity contribution in [2.24, 2.45) is 0 Å². The van der Waals surface area contributed by atoms with E-state index in [-0.39, 0.29) is 6.04 Å². The number of aryl methyl sites for hydroxylation is 1. The first-order valence-electron chi connectivity index (χ1n) is 8.06. The van der Waals surface area contributed by atoms with E-state index in [9.17, 15) is 8.42 Å². The smallest absolute Gasteiger partial charge is 0.243 e. The van der Waals surface area contributed by atoms with Gasteiger partial charge in [0.1, 0.15) is 0 Å². The van der Waals surface area contributed by atoms with E-state index in [1.165, 1.54) is 0 Å². The summed E-state index contributed by atoms with van der Waals surface area (Å²) < 4.78 is 32.5. The molecule has 0 spiro atoms. The summed E-state index contributed by atoms with van der Waals surface area (Å²) in [6.45, 7) is 4.50. The number of hydrogen-bond donors (Lipinski definition) is 0. The van der Waals surface area contributed by atoms with Crippen LogP contribution in [0.4, 0.5) is 0 Å². The van der Waals surface area contributed by atoms with E-state index < -0.39 is 10.0 Å². The zero-order valence-electron chi connectivity index (χ0n) is 14.2. The Morgan fingerprint density at radius 3 is 2.67 bits per heavy atom. The van der Waals surface area contributed by atoms with Gasteiger partial charge in [-0.3, -0.25) is 0 Å². The molecule has 1 aromatic heterocycles. The monoisotopic (exact) mass is 346 g/mol. The normalized spacial score (nSPS) is 18.7. The van der Waals surface area contributed by atoms with Crippen molar-refractivity contribution in [2.45, 2.75) is 37.6 Å². The first-order valence-corrected chi connectivity index (χ1v) is 9.50. The fourth-order valence-corrected chi connectivity index (χ4v) is 4.99. The number of pyridine rings is 1. The van der Waals surface area contributed by atoms with Crippen LogP contribution in [-0.4, -0.2) is 37.4 Å². The Balaban J connectivity index is 1.98. The second-order valence-electron chi connectivity index (χ2n) is 6.17. The van der Waals surface area contributed by atoms with Gasteiger partial charge in [0.2, 0.25) is 15.9 Å². The summed E-state index contributed by atoms with van der Waals surface area (Å²) in [5.74, 6) is 0.537. The lowest BCUT2D eigenvalue weighted by atomic mass is 10.0. The van der Waals surface area contributed by atoms with Crippen LogP contribution in [0.1, 0.15) is 25.3 Å². The molecule has 2 heterocycles. The molecule has 3 rings (SSSR count). The molecule has 0 aliphatic carbocycles. The van der Waals surface area contributed by atoms with E-state index in [0.717, 1.165) is 29.5 Å². The standard InChI is InChI=1S/C18H22N2O3S/c1-13-11-16(24(21,22)20-10-4-5-14(20)2)6-7-17(13)15-8-9-19-18(12-15)23-3/h6-9,11-12,14H,4-5,10H2,1-3H3. The summed E-state index contributed by atoms with van der Waals surface area (Å²) in [6, 6.07) is 9.11. The van der Waals surface area contributed by atoms with Crippen molar-refractivity contribution in [3.8, 4) is 17.0 Å². The molecule has 128 valence electrons. The minimum Gasteiger partial charge on any atom is -0.481 e. The third-order valence-corrected chi connectivity index (χ3v) is 6.56. The van der Waals surface area contributed by atoms with E-state index in [4.69, 9.17) is 4.74 Å². The largest absolute Gasteiger partial charge is 0.481 e. The predicted molar refractivity (Wildman–Crippen MR) is 93.5 cm³/mol.